The molecular weight excluding hydrogens is 873 g/mol. The van der Waals surface area contributed by atoms with Crippen molar-refractivity contribution >= 4 is 37.4 Å². The van der Waals surface area contributed by atoms with Crippen LogP contribution in [0.25, 0.3) is 0 Å². The molecule has 3 aliphatic carbocycles. The maximum atomic E-state index is 13.0. The molecule has 3 fully saturated rings. The molecule has 0 amide bonds. The number of allylic oxidation sites excluding steroid dienone is 3. The Balaban J connectivity index is 0.000000168. The summed E-state index contributed by atoms with van der Waals surface area (Å²) in [5.41, 5.74) is -2.26. The van der Waals surface area contributed by atoms with E-state index >= 15 is 0 Å². The first-order chi connectivity index (χ1) is 30.7. The Bertz CT molecular complexity index is 2590. The van der Waals surface area contributed by atoms with Gasteiger partial charge in [-0.05, 0) is 67.8 Å². The fourth-order valence-corrected chi connectivity index (χ4v) is 15.4. The molecule has 0 saturated carbocycles. The van der Waals surface area contributed by atoms with Gasteiger partial charge in [0.1, 0.15) is 18.2 Å². The van der Waals surface area contributed by atoms with Crippen molar-refractivity contribution in [1.82, 2.24) is 13.9 Å². The van der Waals surface area contributed by atoms with Gasteiger partial charge in [0, 0.05) is 65.2 Å². The highest BCUT2D eigenvalue weighted by Crippen LogP contribution is 2.54. The van der Waals surface area contributed by atoms with Crippen molar-refractivity contribution in [2.45, 2.75) is 91.4 Å². The van der Waals surface area contributed by atoms with Crippen molar-refractivity contribution in [3.8, 4) is 18.2 Å². The molecule has 3 heterocycles. The molecule has 2 aromatic carbocycles. The number of hydrogen-bond acceptors (Lipinski definition) is 11. The van der Waals surface area contributed by atoms with Crippen molar-refractivity contribution in [3.63, 3.8) is 0 Å². The van der Waals surface area contributed by atoms with Crippen LogP contribution >= 0.6 is 0 Å². The second-order valence-corrected chi connectivity index (χ2v) is 25.1. The topological polar surface area (TPSA) is 209 Å². The Kier molecular flexibility index (Phi) is 13.6. The van der Waals surface area contributed by atoms with E-state index in [0.29, 0.717) is 37.4 Å². The Morgan fingerprint density at radius 2 is 0.833 bits per heavy atom. The lowest BCUT2D eigenvalue weighted by molar-refractivity contribution is -0.131. The number of piperidine rings is 3. The quantitative estimate of drug-likeness (QED) is 0.325. The molecule has 8 rings (SSSR count). The molecule has 0 radical (unpaired) electrons. The number of sulfonamides is 2. The predicted molar refractivity (Wildman–Crippen MR) is 249 cm³/mol. The van der Waals surface area contributed by atoms with Crippen LogP contribution in [0.15, 0.2) is 105 Å². The number of nitrogens with zero attached hydrogens (tertiary/aromatic N) is 5. The zero-order valence-corrected chi connectivity index (χ0v) is 41.1. The van der Waals surface area contributed by atoms with Crippen molar-refractivity contribution in [3.05, 3.63) is 95.6 Å². The number of carbonyl (C=O) groups excluding carboxylic acids is 3. The number of rotatable bonds is 4. The molecule has 1 N–H and O–H groups in total. The number of hydrogen-bond donors (Lipinski definition) is 1. The zero-order valence-electron chi connectivity index (χ0n) is 39.5. The predicted octanol–water partition coefficient (Wildman–Crippen LogP) is 7.19. The van der Waals surface area contributed by atoms with Gasteiger partial charge in [-0.2, -0.15) is 24.4 Å². The van der Waals surface area contributed by atoms with Gasteiger partial charge in [0.05, 0.1) is 26.5 Å². The normalized spacial score (nSPS) is 31.3. The average molecular weight is 935 g/mol. The van der Waals surface area contributed by atoms with Crippen molar-refractivity contribution in [2.75, 3.05) is 39.3 Å². The van der Waals surface area contributed by atoms with Gasteiger partial charge in [-0.3, -0.25) is 14.4 Å². The number of carbonyl (C=O) groups is 3. The number of fused-ring (bicyclic) bond motifs is 3. The van der Waals surface area contributed by atoms with E-state index in [1.54, 1.807) is 72.8 Å². The summed E-state index contributed by atoms with van der Waals surface area (Å²) in [7, 11) is -7.18. The van der Waals surface area contributed by atoms with E-state index in [9.17, 15) is 41.7 Å². The smallest absolute Gasteiger partial charge is 0.243 e. The van der Waals surface area contributed by atoms with E-state index in [-0.39, 0.29) is 68.6 Å². The zero-order chi connectivity index (χ0) is 48.9. The Labute approximate surface area is 391 Å². The van der Waals surface area contributed by atoms with Gasteiger partial charge in [-0.15, -0.1) is 0 Å². The fraction of sp³-hybridized carbons (Fsp3) is 0.529. The SMILES string of the molecule is CC1(C)C(=O)C(C#N)=C[C@@]2(C)CN(S(=O)(=O)c3ccccc3)CC[C@H]12.CC1(C)C(=O)C(C#N)=C[C@]2(C)CN(S(=O)(=O)c3ccccc3)CC[C@@H]12.CC1(C)C(=O)C(C#N)=C[C@]2(C)CNCC[C@@H]12. The molecular formula is C51H62N6O7S2. The molecule has 0 bridgehead atoms. The number of Topliss-reactive ketones (excluding diaryl/α,β-unsaturated/α-hetero) is 3. The molecule has 0 spiro atoms. The second-order valence-electron chi connectivity index (χ2n) is 21.2. The number of nitrogens with one attached hydrogen (secondary N) is 1. The Morgan fingerprint density at radius 1 is 0.515 bits per heavy atom. The van der Waals surface area contributed by atoms with Crippen LogP contribution in [-0.2, 0) is 34.4 Å². The standard InChI is InChI=1S/2C19H22N2O3S.C13H18N2O/c2*1-18(2)16-9-10-21(25(23,24)15-7-5-4-6-8-15)13-19(16,3)11-14(12-20)17(18)22;1-12(2)10-4-5-15-8-13(10,3)6-9(7-14)11(12)16/h2*4-8,11,16H,9-10,13H2,1-3H3;6,10,15H,4-5,8H2,1-3H3/t2*16-,19+;10-,13+/m100/s1. The highest BCUT2D eigenvalue weighted by Gasteiger charge is 2.56. The molecule has 6 aliphatic rings. The van der Waals surface area contributed by atoms with E-state index in [1.807, 2.05) is 73.6 Å². The lowest BCUT2D eigenvalue weighted by Crippen LogP contribution is -2.56. The van der Waals surface area contributed by atoms with Crippen LogP contribution in [0.2, 0.25) is 0 Å². The van der Waals surface area contributed by atoms with Gasteiger partial charge in [0.2, 0.25) is 20.0 Å². The van der Waals surface area contributed by atoms with Crippen LogP contribution < -0.4 is 5.32 Å². The molecule has 2 aromatic rings. The minimum Gasteiger partial charge on any atom is -0.316 e. The van der Waals surface area contributed by atoms with Gasteiger partial charge < -0.3 is 5.32 Å². The molecule has 15 heteroatoms. The van der Waals surface area contributed by atoms with E-state index in [2.05, 4.69) is 18.3 Å². The van der Waals surface area contributed by atoms with E-state index < -0.39 is 47.1 Å². The van der Waals surface area contributed by atoms with Crippen molar-refractivity contribution in [2.24, 2.45) is 50.2 Å². The molecule has 3 saturated heterocycles. The largest absolute Gasteiger partial charge is 0.316 e. The minimum absolute atomic E-state index is 0.00632. The summed E-state index contributed by atoms with van der Waals surface area (Å²) < 4.78 is 54.8. The maximum absolute atomic E-state index is 13.0. The monoisotopic (exact) mass is 934 g/mol. The van der Waals surface area contributed by atoms with E-state index in [1.165, 1.54) is 8.61 Å². The van der Waals surface area contributed by atoms with Crippen LogP contribution in [0.3, 0.4) is 0 Å². The van der Waals surface area contributed by atoms with Crippen molar-refractivity contribution < 1.29 is 31.2 Å². The Hall–Kier alpha value is -5.08. The molecule has 0 aromatic heterocycles. The maximum Gasteiger partial charge on any atom is 0.243 e. The first kappa shape index (κ1) is 50.3. The summed E-state index contributed by atoms with van der Waals surface area (Å²) in [6.45, 7) is 20.6. The summed E-state index contributed by atoms with van der Waals surface area (Å²) in [4.78, 5) is 37.8. The van der Waals surface area contributed by atoms with Crippen LogP contribution in [0.1, 0.15) is 81.6 Å². The first-order valence-electron chi connectivity index (χ1n) is 22.5. The lowest BCUT2D eigenvalue weighted by atomic mass is 9.55. The van der Waals surface area contributed by atoms with Gasteiger partial charge in [0.25, 0.3) is 0 Å². The van der Waals surface area contributed by atoms with Gasteiger partial charge in [0.15, 0.2) is 17.3 Å². The molecule has 350 valence electrons. The van der Waals surface area contributed by atoms with Gasteiger partial charge in [-0.25, -0.2) is 16.8 Å². The molecule has 13 nitrogen and oxygen atoms in total. The third-order valence-corrected chi connectivity index (χ3v) is 19.2. The van der Waals surface area contributed by atoms with Crippen molar-refractivity contribution in [1.29, 1.82) is 15.8 Å². The molecule has 0 unspecified atom stereocenters. The van der Waals surface area contributed by atoms with E-state index in [0.717, 1.165) is 19.5 Å². The number of benzene rings is 2. The first-order valence-corrected chi connectivity index (χ1v) is 25.4. The third kappa shape index (κ3) is 8.79. The Morgan fingerprint density at radius 3 is 1.17 bits per heavy atom. The molecule has 3 aliphatic heterocycles. The highest BCUT2D eigenvalue weighted by atomic mass is 32.2. The van der Waals surface area contributed by atoms with E-state index in [4.69, 9.17) is 5.26 Å². The second kappa shape index (κ2) is 17.9. The minimum atomic E-state index is -3.59. The van der Waals surface area contributed by atoms with Crippen LogP contribution in [-0.4, -0.2) is 82.1 Å². The molecule has 66 heavy (non-hydrogen) atoms. The number of nitriles is 3. The highest BCUT2D eigenvalue weighted by molar-refractivity contribution is 7.89. The van der Waals surface area contributed by atoms with Crippen LogP contribution in [0.4, 0.5) is 0 Å². The summed E-state index contributed by atoms with van der Waals surface area (Å²) in [6.07, 6.45) is 7.46. The van der Waals surface area contributed by atoms with Gasteiger partial charge in [-0.1, -0.05) is 117 Å². The summed E-state index contributed by atoms with van der Waals surface area (Å²) in [6, 6.07) is 22.8. The van der Waals surface area contributed by atoms with Crippen LogP contribution in [0, 0.1) is 84.2 Å². The number of ketones is 3. The lowest BCUT2D eigenvalue weighted by Gasteiger charge is -2.52. The summed E-state index contributed by atoms with van der Waals surface area (Å²) in [5, 5.41) is 31.1. The summed E-state index contributed by atoms with van der Waals surface area (Å²) in [5.74, 6) is 0.0811. The molecule has 6 atom stereocenters. The fourth-order valence-electron chi connectivity index (χ4n) is 12.2. The summed E-state index contributed by atoms with van der Waals surface area (Å²) >= 11 is 0. The van der Waals surface area contributed by atoms with Gasteiger partial charge >= 0.3 is 0 Å². The third-order valence-electron chi connectivity index (χ3n) is 15.5. The van der Waals surface area contributed by atoms with Crippen LogP contribution in [0.5, 0.6) is 0 Å². The average Bonchev–Trinajstić information content (AvgIpc) is 3.28.